The number of urea groups is 1. The molecule has 114 valence electrons. The number of rotatable bonds is 4. The van der Waals surface area contributed by atoms with Gasteiger partial charge in [0.15, 0.2) is 0 Å². The Morgan fingerprint density at radius 2 is 2.10 bits per heavy atom. The molecule has 5 nitrogen and oxygen atoms in total. The van der Waals surface area contributed by atoms with Crippen LogP contribution in [0.2, 0.25) is 0 Å². The second-order valence-electron chi connectivity index (χ2n) is 5.60. The summed E-state index contributed by atoms with van der Waals surface area (Å²) in [4.78, 5) is 25.0. The summed E-state index contributed by atoms with van der Waals surface area (Å²) < 4.78 is 0. The third-order valence-electron chi connectivity index (χ3n) is 4.20. The average Bonchev–Trinajstić information content (AvgIpc) is 2.86. The molecule has 0 bridgehead atoms. The highest BCUT2D eigenvalue weighted by Crippen LogP contribution is 2.30. The molecule has 1 saturated heterocycles. The molecule has 2 fully saturated rings. The molecule has 2 rings (SSSR count). The first kappa shape index (κ1) is 15.5. The van der Waals surface area contributed by atoms with Crippen molar-refractivity contribution in [2.75, 3.05) is 18.8 Å². The van der Waals surface area contributed by atoms with Crippen molar-refractivity contribution in [3.8, 4) is 0 Å². The Bertz CT molecular complexity index is 364. The molecular formula is C14H24N2O3S. The quantitative estimate of drug-likeness (QED) is 0.835. The molecule has 0 radical (unpaired) electrons. The normalized spacial score (nSPS) is 30.2. The van der Waals surface area contributed by atoms with E-state index in [1.165, 1.54) is 12.8 Å². The predicted molar refractivity (Wildman–Crippen MR) is 80.0 cm³/mol. The minimum atomic E-state index is -0.789. The Balaban J connectivity index is 1.86. The number of nitrogens with zero attached hydrogens (tertiary/aromatic N) is 1. The van der Waals surface area contributed by atoms with E-state index >= 15 is 0 Å². The van der Waals surface area contributed by atoms with Gasteiger partial charge in [-0.3, -0.25) is 4.79 Å². The van der Waals surface area contributed by atoms with Gasteiger partial charge in [-0.15, -0.1) is 0 Å². The number of likely N-dealkylation sites (tertiary alicyclic amines) is 1. The summed E-state index contributed by atoms with van der Waals surface area (Å²) in [6, 6.07) is 0.169. The molecule has 2 amide bonds. The highest BCUT2D eigenvalue weighted by molar-refractivity contribution is 7.99. The topological polar surface area (TPSA) is 69.6 Å². The van der Waals surface area contributed by atoms with Crippen LogP contribution in [0.1, 0.15) is 39.0 Å². The number of carbonyl (C=O) groups is 2. The first-order valence-corrected chi connectivity index (χ1v) is 8.56. The number of carbonyl (C=O) groups excluding carboxylic acids is 1. The van der Waals surface area contributed by atoms with E-state index in [4.69, 9.17) is 5.11 Å². The third-order valence-corrected chi connectivity index (χ3v) is 5.53. The van der Waals surface area contributed by atoms with Gasteiger partial charge in [0.05, 0.1) is 5.92 Å². The van der Waals surface area contributed by atoms with Gasteiger partial charge < -0.3 is 15.3 Å². The van der Waals surface area contributed by atoms with Crippen LogP contribution >= 0.6 is 11.8 Å². The van der Waals surface area contributed by atoms with Crippen molar-refractivity contribution in [3.05, 3.63) is 0 Å². The van der Waals surface area contributed by atoms with Crippen molar-refractivity contribution >= 4 is 23.8 Å². The molecule has 0 aromatic rings. The van der Waals surface area contributed by atoms with Crippen molar-refractivity contribution in [1.82, 2.24) is 10.2 Å². The minimum absolute atomic E-state index is 0.0791. The van der Waals surface area contributed by atoms with Crippen molar-refractivity contribution in [1.29, 1.82) is 0 Å². The van der Waals surface area contributed by atoms with E-state index in [-0.39, 0.29) is 12.1 Å². The zero-order valence-corrected chi connectivity index (χ0v) is 12.8. The maximum Gasteiger partial charge on any atom is 0.317 e. The Morgan fingerprint density at radius 1 is 1.30 bits per heavy atom. The number of piperidine rings is 1. The highest BCUT2D eigenvalue weighted by atomic mass is 32.2. The molecule has 0 aromatic carbocycles. The fourth-order valence-electron chi connectivity index (χ4n) is 3.12. The second-order valence-corrected chi connectivity index (χ2v) is 7.12. The van der Waals surface area contributed by atoms with Gasteiger partial charge in [-0.2, -0.15) is 11.8 Å². The van der Waals surface area contributed by atoms with Crippen molar-refractivity contribution in [3.63, 3.8) is 0 Å². The van der Waals surface area contributed by atoms with E-state index in [1.807, 2.05) is 11.8 Å². The van der Waals surface area contributed by atoms with Gasteiger partial charge in [-0.05, 0) is 31.4 Å². The smallest absolute Gasteiger partial charge is 0.317 e. The molecule has 2 aliphatic rings. The number of carboxylic acids is 1. The van der Waals surface area contributed by atoms with Crippen LogP contribution in [0.25, 0.3) is 0 Å². The molecule has 1 heterocycles. The van der Waals surface area contributed by atoms with Gasteiger partial charge in [-0.25, -0.2) is 4.79 Å². The van der Waals surface area contributed by atoms with Crippen LogP contribution in [0.3, 0.4) is 0 Å². The van der Waals surface area contributed by atoms with Gasteiger partial charge in [0.25, 0.3) is 0 Å². The van der Waals surface area contributed by atoms with Gasteiger partial charge in [0.1, 0.15) is 0 Å². The standard InChI is InChI=1S/C14H24N2O3S/c1-2-20-12-7-3-6-11(12)15-14(19)16-8-4-5-10(9-16)13(17)18/h10-12H,2-9H2,1H3,(H,15,19)(H,17,18)/t10-,11?,12?/m1/s1. The number of thioether (sulfide) groups is 1. The van der Waals surface area contributed by atoms with E-state index in [9.17, 15) is 9.59 Å². The van der Waals surface area contributed by atoms with Crippen LogP contribution in [-0.4, -0.2) is 52.1 Å². The summed E-state index contributed by atoms with van der Waals surface area (Å²) in [5.41, 5.74) is 0. The fourth-order valence-corrected chi connectivity index (χ4v) is 4.32. The molecule has 3 atom stereocenters. The first-order chi connectivity index (χ1) is 9.61. The number of hydrogen-bond donors (Lipinski definition) is 2. The van der Waals surface area contributed by atoms with Crippen LogP contribution in [0.15, 0.2) is 0 Å². The minimum Gasteiger partial charge on any atom is -0.481 e. The lowest BCUT2D eigenvalue weighted by atomic mass is 9.99. The van der Waals surface area contributed by atoms with E-state index in [0.29, 0.717) is 24.8 Å². The monoisotopic (exact) mass is 300 g/mol. The van der Waals surface area contributed by atoms with E-state index in [2.05, 4.69) is 12.2 Å². The van der Waals surface area contributed by atoms with E-state index in [0.717, 1.165) is 18.6 Å². The van der Waals surface area contributed by atoms with Crippen LogP contribution in [0.4, 0.5) is 4.79 Å². The number of amides is 2. The molecule has 2 N–H and O–H groups in total. The van der Waals surface area contributed by atoms with Crippen LogP contribution in [0.5, 0.6) is 0 Å². The van der Waals surface area contributed by atoms with Crippen molar-refractivity contribution in [2.24, 2.45) is 5.92 Å². The lowest BCUT2D eigenvalue weighted by Crippen LogP contribution is -2.51. The maximum absolute atomic E-state index is 12.3. The molecule has 1 saturated carbocycles. The van der Waals surface area contributed by atoms with Gasteiger partial charge in [-0.1, -0.05) is 13.3 Å². The molecule has 20 heavy (non-hydrogen) atoms. The van der Waals surface area contributed by atoms with Crippen molar-refractivity contribution < 1.29 is 14.7 Å². The number of aliphatic carboxylic acids is 1. The van der Waals surface area contributed by atoms with Crippen LogP contribution < -0.4 is 5.32 Å². The number of nitrogens with one attached hydrogen (secondary N) is 1. The first-order valence-electron chi connectivity index (χ1n) is 7.51. The zero-order valence-electron chi connectivity index (χ0n) is 12.0. The summed E-state index contributed by atoms with van der Waals surface area (Å²) >= 11 is 1.91. The van der Waals surface area contributed by atoms with E-state index < -0.39 is 11.9 Å². The molecule has 0 aromatic heterocycles. The number of hydrogen-bond acceptors (Lipinski definition) is 3. The summed E-state index contributed by atoms with van der Waals surface area (Å²) in [6.07, 6.45) is 4.83. The van der Waals surface area contributed by atoms with Crippen molar-refractivity contribution in [2.45, 2.75) is 50.3 Å². The highest BCUT2D eigenvalue weighted by Gasteiger charge is 2.32. The fraction of sp³-hybridized carbons (Fsp3) is 0.857. The molecule has 0 spiro atoms. The zero-order chi connectivity index (χ0) is 14.5. The third kappa shape index (κ3) is 3.81. The summed E-state index contributed by atoms with van der Waals surface area (Å²) in [7, 11) is 0. The van der Waals surface area contributed by atoms with Gasteiger partial charge in [0, 0.05) is 24.4 Å². The Morgan fingerprint density at radius 3 is 2.80 bits per heavy atom. The molecule has 2 unspecified atom stereocenters. The summed E-state index contributed by atoms with van der Waals surface area (Å²) in [5, 5.41) is 12.7. The number of carboxylic acid groups (broad SMARTS) is 1. The SMILES string of the molecule is CCSC1CCCC1NC(=O)N1CCC[C@@H](C(=O)O)C1. The molecule has 1 aliphatic carbocycles. The van der Waals surface area contributed by atoms with Crippen LogP contribution in [0, 0.1) is 5.92 Å². The second kappa shape index (κ2) is 7.20. The molecule has 1 aliphatic heterocycles. The lowest BCUT2D eigenvalue weighted by molar-refractivity contribution is -0.143. The largest absolute Gasteiger partial charge is 0.481 e. The maximum atomic E-state index is 12.3. The summed E-state index contributed by atoms with van der Waals surface area (Å²) in [6.45, 7) is 3.16. The Labute approximate surface area is 124 Å². The lowest BCUT2D eigenvalue weighted by Gasteiger charge is -2.32. The molecular weight excluding hydrogens is 276 g/mol. The van der Waals surface area contributed by atoms with E-state index in [1.54, 1.807) is 4.90 Å². The predicted octanol–water partition coefficient (Wildman–Crippen LogP) is 2.17. The Kier molecular flexibility index (Phi) is 5.57. The van der Waals surface area contributed by atoms with Gasteiger partial charge in [0.2, 0.25) is 0 Å². The average molecular weight is 300 g/mol. The van der Waals surface area contributed by atoms with Gasteiger partial charge >= 0.3 is 12.0 Å². The van der Waals surface area contributed by atoms with Crippen LogP contribution in [-0.2, 0) is 4.79 Å². The summed E-state index contributed by atoms with van der Waals surface area (Å²) in [5.74, 6) is -0.122. The Hall–Kier alpha value is -0.910. The molecule has 6 heteroatoms.